The van der Waals surface area contributed by atoms with Gasteiger partial charge in [-0.25, -0.2) is 4.98 Å². The van der Waals surface area contributed by atoms with Crippen molar-refractivity contribution in [3.05, 3.63) is 57.0 Å². The second kappa shape index (κ2) is 7.23. The molecule has 0 aliphatic heterocycles. The molecule has 0 fully saturated rings. The zero-order chi connectivity index (χ0) is 18.1. The van der Waals surface area contributed by atoms with E-state index in [1.807, 2.05) is 18.2 Å². The van der Waals surface area contributed by atoms with Crippen molar-refractivity contribution in [1.82, 2.24) is 9.55 Å². The van der Waals surface area contributed by atoms with E-state index < -0.39 is 0 Å². The maximum absolute atomic E-state index is 12.9. The van der Waals surface area contributed by atoms with E-state index in [1.165, 1.54) is 16.0 Å². The lowest BCUT2D eigenvalue weighted by Gasteiger charge is -2.17. The summed E-state index contributed by atoms with van der Waals surface area (Å²) in [7, 11) is 0. The van der Waals surface area contributed by atoms with Crippen LogP contribution in [-0.4, -0.2) is 16.2 Å². The van der Waals surface area contributed by atoms with Crippen LogP contribution in [0.25, 0.3) is 10.2 Å². The van der Waals surface area contributed by atoms with Crippen molar-refractivity contribution >= 4 is 21.6 Å². The van der Waals surface area contributed by atoms with E-state index in [1.54, 1.807) is 22.2 Å². The van der Waals surface area contributed by atoms with Gasteiger partial charge in [0, 0.05) is 11.4 Å². The molecule has 2 heterocycles. The highest BCUT2D eigenvalue weighted by atomic mass is 32.1. The summed E-state index contributed by atoms with van der Waals surface area (Å²) in [5.41, 5.74) is 2.55. The molecule has 4 rings (SSSR count). The van der Waals surface area contributed by atoms with Gasteiger partial charge >= 0.3 is 0 Å². The molecule has 0 amide bonds. The summed E-state index contributed by atoms with van der Waals surface area (Å²) >= 11 is 1.70. The second-order valence-electron chi connectivity index (χ2n) is 7.29. The first-order valence-corrected chi connectivity index (χ1v) is 10.1. The normalized spacial score (nSPS) is 16.6. The Morgan fingerprint density at radius 3 is 3.12 bits per heavy atom. The third-order valence-electron chi connectivity index (χ3n) is 5.08. The summed E-state index contributed by atoms with van der Waals surface area (Å²) < 4.78 is 7.53. The Morgan fingerprint density at radius 1 is 1.38 bits per heavy atom. The van der Waals surface area contributed by atoms with E-state index in [-0.39, 0.29) is 5.56 Å². The minimum atomic E-state index is 0.109. The zero-order valence-electron chi connectivity index (χ0n) is 15.3. The van der Waals surface area contributed by atoms with Crippen molar-refractivity contribution in [2.24, 2.45) is 5.92 Å². The molecule has 1 unspecified atom stereocenters. The molecule has 0 spiro atoms. The molecular formula is C21H24N2O2S. The largest absolute Gasteiger partial charge is 0.494 e. The minimum absolute atomic E-state index is 0.109. The minimum Gasteiger partial charge on any atom is -0.494 e. The first kappa shape index (κ1) is 17.3. The van der Waals surface area contributed by atoms with Gasteiger partial charge in [-0.3, -0.25) is 9.36 Å². The van der Waals surface area contributed by atoms with Gasteiger partial charge in [-0.15, -0.1) is 11.3 Å². The Morgan fingerprint density at radius 2 is 2.27 bits per heavy atom. The van der Waals surface area contributed by atoms with Crippen molar-refractivity contribution < 1.29 is 4.74 Å². The van der Waals surface area contributed by atoms with Crippen LogP contribution in [0.5, 0.6) is 5.75 Å². The van der Waals surface area contributed by atoms with Crippen molar-refractivity contribution in [3.63, 3.8) is 0 Å². The van der Waals surface area contributed by atoms with Crippen LogP contribution in [0.1, 0.15) is 35.8 Å². The van der Waals surface area contributed by atoms with Crippen LogP contribution in [0, 0.1) is 12.8 Å². The molecule has 0 bridgehead atoms. The molecule has 136 valence electrons. The van der Waals surface area contributed by atoms with E-state index in [0.717, 1.165) is 41.6 Å². The average molecular weight is 369 g/mol. The van der Waals surface area contributed by atoms with Gasteiger partial charge in [0.15, 0.2) is 0 Å². The van der Waals surface area contributed by atoms with Gasteiger partial charge in [0.25, 0.3) is 5.56 Å². The highest BCUT2D eigenvalue weighted by Crippen LogP contribution is 2.35. The number of nitrogens with zero attached hydrogens (tertiary/aromatic N) is 2. The van der Waals surface area contributed by atoms with Gasteiger partial charge in [-0.1, -0.05) is 19.1 Å². The summed E-state index contributed by atoms with van der Waals surface area (Å²) in [6.07, 6.45) is 5.73. The summed E-state index contributed by atoms with van der Waals surface area (Å²) in [4.78, 5) is 19.8. The molecular weight excluding hydrogens is 344 g/mol. The van der Waals surface area contributed by atoms with E-state index in [2.05, 4.69) is 24.9 Å². The quantitative estimate of drug-likeness (QED) is 0.629. The van der Waals surface area contributed by atoms with Crippen LogP contribution in [0.15, 0.2) is 35.4 Å². The van der Waals surface area contributed by atoms with Gasteiger partial charge < -0.3 is 4.74 Å². The molecule has 2 aromatic heterocycles. The van der Waals surface area contributed by atoms with Crippen LogP contribution < -0.4 is 10.3 Å². The van der Waals surface area contributed by atoms with Gasteiger partial charge in [-0.2, -0.15) is 0 Å². The fourth-order valence-electron chi connectivity index (χ4n) is 3.66. The predicted octanol–water partition coefficient (Wildman–Crippen LogP) is 4.36. The number of hydrogen-bond acceptors (Lipinski definition) is 4. The second-order valence-corrected chi connectivity index (χ2v) is 8.38. The molecule has 0 radical (unpaired) electrons. The van der Waals surface area contributed by atoms with Gasteiger partial charge in [0.05, 0.1) is 18.3 Å². The van der Waals surface area contributed by atoms with Crippen LogP contribution >= 0.6 is 11.3 Å². The number of benzene rings is 1. The lowest BCUT2D eigenvalue weighted by atomic mass is 9.89. The Balaban J connectivity index is 1.47. The fourth-order valence-corrected chi connectivity index (χ4v) is 5.00. The molecule has 0 N–H and O–H groups in total. The summed E-state index contributed by atoms with van der Waals surface area (Å²) in [6, 6.07) is 8.03. The van der Waals surface area contributed by atoms with E-state index in [4.69, 9.17) is 4.74 Å². The molecule has 1 aromatic carbocycles. The number of thiophene rings is 1. The molecule has 0 saturated carbocycles. The third-order valence-corrected chi connectivity index (χ3v) is 6.25. The smallest absolute Gasteiger partial charge is 0.262 e. The molecule has 0 saturated heterocycles. The molecule has 1 aliphatic rings. The number of hydrogen-bond donors (Lipinski definition) is 0. The first-order chi connectivity index (χ1) is 12.6. The van der Waals surface area contributed by atoms with Crippen molar-refractivity contribution in [3.8, 4) is 5.75 Å². The number of rotatable bonds is 5. The summed E-state index contributed by atoms with van der Waals surface area (Å²) in [6.45, 7) is 5.56. The predicted molar refractivity (Wildman–Crippen MR) is 106 cm³/mol. The topological polar surface area (TPSA) is 44.1 Å². The zero-order valence-corrected chi connectivity index (χ0v) is 16.1. The average Bonchev–Trinajstić information content (AvgIpc) is 2.98. The Labute approximate surface area is 157 Å². The number of ether oxygens (including phenoxy) is 1. The fraction of sp³-hybridized carbons (Fsp3) is 0.429. The Kier molecular flexibility index (Phi) is 4.81. The van der Waals surface area contributed by atoms with E-state index in [0.29, 0.717) is 19.1 Å². The van der Waals surface area contributed by atoms with Crippen molar-refractivity contribution in [2.75, 3.05) is 6.61 Å². The summed E-state index contributed by atoms with van der Waals surface area (Å²) in [5, 5.41) is 0.860. The molecule has 5 heteroatoms. The molecule has 1 aliphatic carbocycles. The van der Waals surface area contributed by atoms with Gasteiger partial charge in [0.1, 0.15) is 10.6 Å². The maximum Gasteiger partial charge on any atom is 0.262 e. The van der Waals surface area contributed by atoms with Gasteiger partial charge in [-0.05, 0) is 61.8 Å². The first-order valence-electron chi connectivity index (χ1n) is 9.31. The SMILES string of the molecule is Cc1cccc(OCCCn2cnc3sc4c(c3c2=O)CCC(C)C4)c1. The van der Waals surface area contributed by atoms with Crippen LogP contribution in [0.3, 0.4) is 0 Å². The molecule has 1 atom stereocenters. The van der Waals surface area contributed by atoms with Gasteiger partial charge in [0.2, 0.25) is 0 Å². The third kappa shape index (κ3) is 3.40. The van der Waals surface area contributed by atoms with Crippen LogP contribution in [0.4, 0.5) is 0 Å². The lowest BCUT2D eigenvalue weighted by molar-refractivity contribution is 0.300. The number of aromatic nitrogens is 2. The van der Waals surface area contributed by atoms with Crippen LogP contribution in [-0.2, 0) is 19.4 Å². The molecule has 26 heavy (non-hydrogen) atoms. The Bertz CT molecular complexity index is 989. The maximum atomic E-state index is 12.9. The molecule has 3 aromatic rings. The number of aryl methyl sites for hydroxylation is 3. The van der Waals surface area contributed by atoms with E-state index in [9.17, 15) is 4.79 Å². The highest BCUT2D eigenvalue weighted by molar-refractivity contribution is 7.18. The van der Waals surface area contributed by atoms with Crippen molar-refractivity contribution in [1.29, 1.82) is 0 Å². The van der Waals surface area contributed by atoms with E-state index >= 15 is 0 Å². The van der Waals surface area contributed by atoms with Crippen molar-refractivity contribution in [2.45, 2.75) is 46.1 Å². The standard InChI is InChI=1S/C21H24N2O2S/c1-14-5-3-6-16(11-14)25-10-4-9-23-13-22-20-19(21(23)24)17-8-7-15(2)12-18(17)26-20/h3,5-6,11,13,15H,4,7-10,12H2,1-2H3. The molecule has 4 nitrogen and oxygen atoms in total. The number of fused-ring (bicyclic) bond motifs is 3. The highest BCUT2D eigenvalue weighted by Gasteiger charge is 2.23. The lowest BCUT2D eigenvalue weighted by Crippen LogP contribution is -2.22. The monoisotopic (exact) mass is 368 g/mol. The summed E-state index contributed by atoms with van der Waals surface area (Å²) in [5.74, 6) is 1.59. The Hall–Kier alpha value is -2.14. The van der Waals surface area contributed by atoms with Crippen LogP contribution in [0.2, 0.25) is 0 Å².